The van der Waals surface area contributed by atoms with E-state index in [1.807, 2.05) is 6.92 Å². The Hall–Kier alpha value is -2.15. The maximum absolute atomic E-state index is 12.0. The molecule has 0 radical (unpaired) electrons. The molecule has 1 aromatic carbocycles. The molecular weight excluding hydrogens is 336 g/mol. The number of nitrogens with one attached hydrogen (secondary N) is 1. The fraction of sp³-hybridized carbons (Fsp3) is 0.214. The number of carbonyl (C=O) groups is 1. The first-order valence-electron chi connectivity index (χ1n) is 6.26. The van der Waals surface area contributed by atoms with Crippen LogP contribution in [0.25, 0.3) is 0 Å². The molecule has 0 unspecified atom stereocenters. The van der Waals surface area contributed by atoms with Gasteiger partial charge in [0.1, 0.15) is 11.0 Å². The van der Waals surface area contributed by atoms with Gasteiger partial charge in [0.2, 0.25) is 5.91 Å². The van der Waals surface area contributed by atoms with Crippen molar-refractivity contribution in [2.24, 2.45) is 0 Å². The van der Waals surface area contributed by atoms with E-state index in [0.29, 0.717) is 21.5 Å². The fourth-order valence-electron chi connectivity index (χ4n) is 1.79. The number of nitrogen functional groups attached to an aromatic ring is 1. The highest BCUT2D eigenvalue weighted by Gasteiger charge is 2.10. The topological polar surface area (TPSA) is 90.0 Å². The molecule has 110 valence electrons. The number of amides is 1. The molecule has 0 atom stereocenters. The number of nitrogens with two attached hydrogens (primary N) is 1. The van der Waals surface area contributed by atoms with Crippen LogP contribution in [-0.2, 0) is 11.3 Å². The molecule has 0 aliphatic rings. The molecule has 2 aromatic rings. The molecule has 1 amide bonds. The molecule has 0 saturated carbocycles. The molecule has 0 spiro atoms. The number of carbonyl (C=O) groups excluding carboxylic acids is 1. The zero-order valence-corrected chi connectivity index (χ0v) is 13.3. The summed E-state index contributed by atoms with van der Waals surface area (Å²) in [6.07, 6.45) is 1.36. The van der Waals surface area contributed by atoms with Gasteiger partial charge in [-0.25, -0.2) is 4.98 Å². The molecule has 2 rings (SSSR count). The average molecular weight is 351 g/mol. The lowest BCUT2D eigenvalue weighted by molar-refractivity contribution is -0.116. The van der Waals surface area contributed by atoms with Gasteiger partial charge in [0.05, 0.1) is 12.0 Å². The highest BCUT2D eigenvalue weighted by Crippen LogP contribution is 2.20. The van der Waals surface area contributed by atoms with Crippen molar-refractivity contribution in [3.05, 3.63) is 50.6 Å². The summed E-state index contributed by atoms with van der Waals surface area (Å²) in [5, 5.41) is 2.74. The van der Waals surface area contributed by atoms with Crippen molar-refractivity contribution in [1.82, 2.24) is 9.55 Å². The minimum Gasteiger partial charge on any atom is -0.398 e. The Kier molecular flexibility index (Phi) is 4.42. The second-order valence-electron chi connectivity index (χ2n) is 4.64. The third-order valence-corrected chi connectivity index (χ3v) is 4.03. The molecule has 1 aromatic heterocycles. The zero-order valence-electron chi connectivity index (χ0n) is 11.7. The Morgan fingerprint density at radius 3 is 2.86 bits per heavy atom. The molecule has 6 nitrogen and oxygen atoms in total. The quantitative estimate of drug-likeness (QED) is 0.826. The van der Waals surface area contributed by atoms with Crippen LogP contribution in [0.5, 0.6) is 0 Å². The van der Waals surface area contributed by atoms with E-state index in [9.17, 15) is 9.59 Å². The maximum Gasteiger partial charge on any atom is 0.268 e. The molecule has 0 bridgehead atoms. The summed E-state index contributed by atoms with van der Waals surface area (Å²) in [4.78, 5) is 28.1. The summed E-state index contributed by atoms with van der Waals surface area (Å²) in [5.41, 5.74) is 8.11. The standard InChI is InChI=1S/C14H15BrN4O2/c1-8-10(16)4-3-5-11(8)18-12(20)6-19-7-17-9(2)13(15)14(19)21/h3-5,7H,6,16H2,1-2H3,(H,18,20). The summed E-state index contributed by atoms with van der Waals surface area (Å²) >= 11 is 3.16. The summed E-state index contributed by atoms with van der Waals surface area (Å²) in [6.45, 7) is 3.42. The first kappa shape index (κ1) is 15.2. The Bertz CT molecular complexity index is 755. The highest BCUT2D eigenvalue weighted by molar-refractivity contribution is 9.10. The maximum atomic E-state index is 12.0. The van der Waals surface area contributed by atoms with E-state index in [0.717, 1.165) is 5.56 Å². The van der Waals surface area contributed by atoms with E-state index < -0.39 is 0 Å². The second-order valence-corrected chi connectivity index (χ2v) is 5.44. The lowest BCUT2D eigenvalue weighted by Crippen LogP contribution is -2.29. The first-order valence-corrected chi connectivity index (χ1v) is 7.06. The summed E-state index contributed by atoms with van der Waals surface area (Å²) < 4.78 is 1.60. The molecule has 0 saturated heterocycles. The van der Waals surface area contributed by atoms with Gasteiger partial charge in [-0.3, -0.25) is 14.2 Å². The van der Waals surface area contributed by atoms with Crippen molar-refractivity contribution in [1.29, 1.82) is 0 Å². The van der Waals surface area contributed by atoms with E-state index in [4.69, 9.17) is 5.73 Å². The van der Waals surface area contributed by atoms with E-state index >= 15 is 0 Å². The Morgan fingerprint density at radius 2 is 2.14 bits per heavy atom. The normalized spacial score (nSPS) is 10.4. The van der Waals surface area contributed by atoms with Crippen LogP contribution >= 0.6 is 15.9 Å². The molecule has 0 aliphatic heterocycles. The van der Waals surface area contributed by atoms with Gasteiger partial charge in [0.15, 0.2) is 0 Å². The molecular formula is C14H15BrN4O2. The monoisotopic (exact) mass is 350 g/mol. The van der Waals surface area contributed by atoms with Gasteiger partial charge in [0, 0.05) is 11.4 Å². The number of rotatable bonds is 3. The Morgan fingerprint density at radius 1 is 1.43 bits per heavy atom. The smallest absolute Gasteiger partial charge is 0.268 e. The molecule has 3 N–H and O–H groups in total. The minimum atomic E-state index is -0.316. The average Bonchev–Trinajstić information content (AvgIpc) is 2.45. The van der Waals surface area contributed by atoms with Crippen LogP contribution in [0.15, 0.2) is 33.8 Å². The zero-order chi connectivity index (χ0) is 15.6. The number of anilines is 2. The summed E-state index contributed by atoms with van der Waals surface area (Å²) in [5.74, 6) is -0.316. The number of hydrogen-bond donors (Lipinski definition) is 2. The molecule has 7 heteroatoms. The van der Waals surface area contributed by atoms with E-state index in [1.165, 1.54) is 10.9 Å². The number of nitrogens with zero attached hydrogens (tertiary/aromatic N) is 2. The number of benzene rings is 1. The predicted molar refractivity (Wildman–Crippen MR) is 85.2 cm³/mol. The van der Waals surface area contributed by atoms with Crippen molar-refractivity contribution in [3.8, 4) is 0 Å². The molecule has 1 heterocycles. The van der Waals surface area contributed by atoms with Crippen molar-refractivity contribution < 1.29 is 4.79 Å². The number of aryl methyl sites for hydroxylation is 1. The molecule has 0 aliphatic carbocycles. The number of halogens is 1. The van der Waals surface area contributed by atoms with Gasteiger partial charge in [-0.15, -0.1) is 0 Å². The van der Waals surface area contributed by atoms with Crippen molar-refractivity contribution in [3.63, 3.8) is 0 Å². The largest absolute Gasteiger partial charge is 0.398 e. The fourth-order valence-corrected chi connectivity index (χ4v) is 2.12. The SMILES string of the molecule is Cc1ncn(CC(=O)Nc2cccc(N)c2C)c(=O)c1Br. The molecule has 0 fully saturated rings. The van der Waals surface area contributed by atoms with Gasteiger partial charge in [-0.1, -0.05) is 6.07 Å². The van der Waals surface area contributed by atoms with Crippen LogP contribution in [-0.4, -0.2) is 15.5 Å². The van der Waals surface area contributed by atoms with Gasteiger partial charge in [-0.05, 0) is 47.5 Å². The second kappa shape index (κ2) is 6.09. The van der Waals surface area contributed by atoms with Crippen LogP contribution in [0.2, 0.25) is 0 Å². The van der Waals surface area contributed by atoms with Crippen LogP contribution in [0, 0.1) is 13.8 Å². The number of aromatic nitrogens is 2. The van der Waals surface area contributed by atoms with E-state index in [-0.39, 0.29) is 18.0 Å². The lowest BCUT2D eigenvalue weighted by Gasteiger charge is -2.11. The van der Waals surface area contributed by atoms with Gasteiger partial charge in [0.25, 0.3) is 5.56 Å². The van der Waals surface area contributed by atoms with Crippen LogP contribution in [0.3, 0.4) is 0 Å². The van der Waals surface area contributed by atoms with Crippen LogP contribution < -0.4 is 16.6 Å². The minimum absolute atomic E-state index is 0.112. The first-order chi connectivity index (χ1) is 9.90. The summed E-state index contributed by atoms with van der Waals surface area (Å²) in [6, 6.07) is 5.28. The summed E-state index contributed by atoms with van der Waals surface area (Å²) in [7, 11) is 0. The predicted octanol–water partition coefficient (Wildman–Crippen LogP) is 1.84. The highest BCUT2D eigenvalue weighted by atomic mass is 79.9. The van der Waals surface area contributed by atoms with Crippen LogP contribution in [0.1, 0.15) is 11.3 Å². The van der Waals surface area contributed by atoms with Crippen molar-refractivity contribution >= 4 is 33.2 Å². The van der Waals surface area contributed by atoms with Crippen LogP contribution in [0.4, 0.5) is 11.4 Å². The lowest BCUT2D eigenvalue weighted by atomic mass is 10.1. The van der Waals surface area contributed by atoms with Gasteiger partial charge in [-0.2, -0.15) is 0 Å². The Balaban J connectivity index is 2.18. The van der Waals surface area contributed by atoms with Crippen molar-refractivity contribution in [2.75, 3.05) is 11.1 Å². The Labute approximate surface area is 130 Å². The van der Waals surface area contributed by atoms with Gasteiger partial charge < -0.3 is 11.1 Å². The van der Waals surface area contributed by atoms with E-state index in [2.05, 4.69) is 26.2 Å². The van der Waals surface area contributed by atoms with E-state index in [1.54, 1.807) is 25.1 Å². The molecule has 21 heavy (non-hydrogen) atoms. The third-order valence-electron chi connectivity index (χ3n) is 3.12. The number of hydrogen-bond acceptors (Lipinski definition) is 4. The third kappa shape index (κ3) is 3.30. The van der Waals surface area contributed by atoms with Gasteiger partial charge >= 0.3 is 0 Å². The van der Waals surface area contributed by atoms with Crippen molar-refractivity contribution in [2.45, 2.75) is 20.4 Å².